The third-order valence-corrected chi connectivity index (χ3v) is 17.8. The summed E-state index contributed by atoms with van der Waals surface area (Å²) in [7, 11) is 0. The molecule has 92 heavy (non-hydrogen) atoms. The molecular weight excluding hydrogens is 1180 g/mol. The topological polar surface area (TPSA) is 307 Å². The molecule has 0 aromatic rings. The quantitative estimate of drug-likeness (QED) is 0.0199. The largest absolute Gasteiger partial charge is 0.394 e. The lowest BCUT2D eigenvalue weighted by Crippen LogP contribution is -2.66. The lowest BCUT2D eigenvalue weighted by atomic mass is 9.96. The van der Waals surface area contributed by atoms with Gasteiger partial charge >= 0.3 is 0 Å². The fraction of sp³-hybridized carbons (Fsp3) is 0.822. The van der Waals surface area contributed by atoms with E-state index in [-0.39, 0.29) is 18.9 Å². The van der Waals surface area contributed by atoms with E-state index in [1.54, 1.807) is 6.08 Å². The van der Waals surface area contributed by atoms with Gasteiger partial charge in [0, 0.05) is 6.42 Å². The van der Waals surface area contributed by atoms with Gasteiger partial charge < -0.3 is 89.9 Å². The SMILES string of the molecule is CC/C=C\C/C=C\C/C=C\C/C=C\C/C=C\CCCCCCCCCCCCCCCCCC(=O)NC(COC1OC(CO)C(OC2OC(CO)C(OC3OC(CO)C(O)C(O)C3O)C(O)C2O)C(O)C1O)C(O)/C=C/CCCCCCCCCCCCCCCC. The van der Waals surface area contributed by atoms with E-state index < -0.39 is 124 Å². The fourth-order valence-corrected chi connectivity index (χ4v) is 11.9. The second-order valence-corrected chi connectivity index (χ2v) is 25.7. The number of aliphatic hydroxyl groups is 11. The van der Waals surface area contributed by atoms with Gasteiger partial charge in [0.05, 0.1) is 38.6 Å². The van der Waals surface area contributed by atoms with Crippen molar-refractivity contribution in [2.45, 2.75) is 356 Å². The maximum atomic E-state index is 13.4. The first-order valence-corrected chi connectivity index (χ1v) is 36.2. The summed E-state index contributed by atoms with van der Waals surface area (Å²) in [5.41, 5.74) is 0. The molecule has 17 unspecified atom stereocenters. The zero-order chi connectivity index (χ0) is 66.8. The lowest BCUT2D eigenvalue weighted by Gasteiger charge is -2.48. The van der Waals surface area contributed by atoms with E-state index in [4.69, 9.17) is 28.4 Å². The molecule has 1 amide bonds. The van der Waals surface area contributed by atoms with Crippen LogP contribution in [0.15, 0.2) is 72.9 Å². The summed E-state index contributed by atoms with van der Waals surface area (Å²) in [6, 6.07) is -0.976. The van der Waals surface area contributed by atoms with Crippen LogP contribution in [0.2, 0.25) is 0 Å². The van der Waals surface area contributed by atoms with E-state index in [1.807, 2.05) is 6.08 Å². The number of carbonyl (C=O) groups excluding carboxylic acids is 1. The van der Waals surface area contributed by atoms with Gasteiger partial charge in [0.2, 0.25) is 5.91 Å². The number of aliphatic hydroxyl groups excluding tert-OH is 11. The van der Waals surface area contributed by atoms with Gasteiger partial charge in [-0.05, 0) is 64.2 Å². The minimum atomic E-state index is -1.98. The van der Waals surface area contributed by atoms with Gasteiger partial charge in [0.1, 0.15) is 73.2 Å². The standard InChI is InChI=1S/C73H129NO18/c1-3-5-7-9-11-13-15-17-19-21-22-23-24-25-26-27-28-29-30-31-32-33-34-35-37-39-41-43-45-47-49-51-61(79)74-56(57(78)50-48-46-44-42-40-38-36-20-18-16-14-12-10-8-6-4-2)55-87-71-67(85)64(82)69(59(53-76)89-71)92-73-68(86)65(83)70(60(54-77)90-73)91-72-66(84)63(81)62(80)58(52-75)88-72/h5,7,11,13,17,19,22-23,25-26,48,50,56-60,62-73,75-78,80-86H,3-4,6,8-10,12,14-16,18,20-21,24,27-47,49,51-55H2,1-2H3,(H,74,79)/b7-5-,13-11-,19-17-,23-22-,26-25-,50-48+. The lowest BCUT2D eigenvalue weighted by molar-refractivity contribution is -0.379. The Kier molecular flexibility index (Phi) is 49.2. The van der Waals surface area contributed by atoms with Crippen molar-refractivity contribution >= 4 is 5.91 Å². The molecule has 3 heterocycles. The van der Waals surface area contributed by atoms with Crippen LogP contribution in [0.1, 0.15) is 251 Å². The van der Waals surface area contributed by atoms with Gasteiger partial charge in [-0.2, -0.15) is 0 Å². The number of carbonyl (C=O) groups is 1. The molecule has 12 N–H and O–H groups in total. The number of allylic oxidation sites excluding steroid dienone is 11. The monoisotopic (exact) mass is 1310 g/mol. The van der Waals surface area contributed by atoms with Crippen LogP contribution in [0.3, 0.4) is 0 Å². The van der Waals surface area contributed by atoms with Crippen LogP contribution in [0.25, 0.3) is 0 Å². The van der Waals surface area contributed by atoms with Crippen molar-refractivity contribution in [2.75, 3.05) is 26.4 Å². The second kappa shape index (κ2) is 54.3. The Morgan fingerprint density at radius 3 is 1.17 bits per heavy atom. The molecule has 0 aromatic carbocycles. The summed E-state index contributed by atoms with van der Waals surface area (Å²) in [5, 5.41) is 121. The van der Waals surface area contributed by atoms with Crippen molar-refractivity contribution in [3.63, 3.8) is 0 Å². The molecule has 0 aliphatic carbocycles. The Morgan fingerprint density at radius 2 is 0.750 bits per heavy atom. The first-order chi connectivity index (χ1) is 44.8. The van der Waals surface area contributed by atoms with Gasteiger partial charge in [0.25, 0.3) is 0 Å². The number of ether oxygens (including phenoxy) is 6. The molecule has 0 aromatic heterocycles. The van der Waals surface area contributed by atoms with E-state index in [2.05, 4.69) is 79.9 Å². The number of unbranched alkanes of at least 4 members (excludes halogenated alkanes) is 29. The summed E-state index contributed by atoms with van der Waals surface area (Å²) in [5.74, 6) is -0.276. The van der Waals surface area contributed by atoms with Crippen LogP contribution in [0, 0.1) is 0 Å². The summed E-state index contributed by atoms with van der Waals surface area (Å²) < 4.78 is 34.4. The van der Waals surface area contributed by atoms with Crippen LogP contribution in [0.5, 0.6) is 0 Å². The molecule has 3 aliphatic rings. The average molecular weight is 1310 g/mol. The minimum absolute atomic E-state index is 0.241. The van der Waals surface area contributed by atoms with Crippen molar-refractivity contribution in [1.29, 1.82) is 0 Å². The molecule has 0 bridgehead atoms. The highest BCUT2D eigenvalue weighted by molar-refractivity contribution is 5.76. The first kappa shape index (κ1) is 83.5. The summed E-state index contributed by atoms with van der Waals surface area (Å²) in [6.07, 6.45) is 41.6. The minimum Gasteiger partial charge on any atom is -0.394 e. The number of nitrogens with one attached hydrogen (secondary N) is 1. The van der Waals surface area contributed by atoms with Crippen LogP contribution in [-0.4, -0.2) is 193 Å². The van der Waals surface area contributed by atoms with E-state index in [9.17, 15) is 61.0 Å². The van der Waals surface area contributed by atoms with Gasteiger partial charge in [0.15, 0.2) is 18.9 Å². The maximum absolute atomic E-state index is 13.4. The highest BCUT2D eigenvalue weighted by Crippen LogP contribution is 2.33. The van der Waals surface area contributed by atoms with Gasteiger partial charge in [-0.15, -0.1) is 0 Å². The molecule has 3 aliphatic heterocycles. The third kappa shape index (κ3) is 35.5. The summed E-state index contributed by atoms with van der Waals surface area (Å²) >= 11 is 0. The van der Waals surface area contributed by atoms with Crippen LogP contribution in [-0.2, 0) is 33.2 Å². The molecule has 19 heteroatoms. The van der Waals surface area contributed by atoms with Crippen molar-refractivity contribution < 1.29 is 89.4 Å². The number of rotatable bonds is 55. The van der Waals surface area contributed by atoms with E-state index in [0.29, 0.717) is 6.42 Å². The molecule has 3 saturated heterocycles. The number of hydrogen-bond donors (Lipinski definition) is 12. The normalized spacial score (nSPS) is 28.1. The molecular formula is C73H129NO18. The number of hydrogen-bond acceptors (Lipinski definition) is 18. The third-order valence-electron chi connectivity index (χ3n) is 17.8. The molecule has 17 atom stereocenters. The zero-order valence-electron chi connectivity index (χ0n) is 56.5. The summed E-state index contributed by atoms with van der Waals surface area (Å²) in [4.78, 5) is 13.4. The van der Waals surface area contributed by atoms with E-state index in [0.717, 1.165) is 77.0 Å². The van der Waals surface area contributed by atoms with Crippen molar-refractivity contribution in [1.82, 2.24) is 5.32 Å². The van der Waals surface area contributed by atoms with Gasteiger partial charge in [-0.25, -0.2) is 0 Å². The zero-order valence-corrected chi connectivity index (χ0v) is 56.5. The molecule has 534 valence electrons. The number of amides is 1. The Hall–Kier alpha value is -2.77. The predicted molar refractivity (Wildman–Crippen MR) is 360 cm³/mol. The highest BCUT2D eigenvalue weighted by atomic mass is 16.8. The second-order valence-electron chi connectivity index (χ2n) is 25.7. The Morgan fingerprint density at radius 1 is 0.402 bits per heavy atom. The van der Waals surface area contributed by atoms with Crippen LogP contribution in [0.4, 0.5) is 0 Å². The summed E-state index contributed by atoms with van der Waals surface area (Å²) in [6.45, 7) is 1.63. The highest BCUT2D eigenvalue weighted by Gasteiger charge is 2.53. The average Bonchev–Trinajstić information content (AvgIpc) is 0.834. The Bertz CT molecular complexity index is 1950. The Balaban J connectivity index is 1.38. The maximum Gasteiger partial charge on any atom is 0.220 e. The molecule has 0 radical (unpaired) electrons. The Labute approximate surface area is 553 Å². The van der Waals surface area contributed by atoms with Crippen molar-refractivity contribution in [3.05, 3.63) is 72.9 Å². The van der Waals surface area contributed by atoms with Crippen LogP contribution < -0.4 is 5.32 Å². The van der Waals surface area contributed by atoms with Gasteiger partial charge in [-0.3, -0.25) is 4.79 Å². The van der Waals surface area contributed by atoms with Crippen LogP contribution >= 0.6 is 0 Å². The first-order valence-electron chi connectivity index (χ1n) is 36.2. The predicted octanol–water partition coefficient (Wildman–Crippen LogP) is 10.1. The van der Waals surface area contributed by atoms with Crippen molar-refractivity contribution in [3.8, 4) is 0 Å². The fourth-order valence-electron chi connectivity index (χ4n) is 11.9. The van der Waals surface area contributed by atoms with Gasteiger partial charge in [-0.1, -0.05) is 254 Å². The smallest absolute Gasteiger partial charge is 0.220 e. The van der Waals surface area contributed by atoms with E-state index in [1.165, 1.54) is 148 Å². The van der Waals surface area contributed by atoms with E-state index >= 15 is 0 Å². The molecule has 19 nitrogen and oxygen atoms in total. The molecule has 3 fully saturated rings. The molecule has 0 saturated carbocycles. The molecule has 3 rings (SSSR count). The van der Waals surface area contributed by atoms with Crippen molar-refractivity contribution in [2.24, 2.45) is 0 Å². The molecule has 0 spiro atoms.